The van der Waals surface area contributed by atoms with Gasteiger partial charge >= 0.3 is 67.8 Å². The van der Waals surface area contributed by atoms with E-state index in [1.54, 1.807) is 0 Å². The molecule has 0 N–H and O–H groups in total. The average Bonchev–Trinajstić information content (AvgIpc) is 3.43. The number of hydrogen-bond donors (Lipinski definition) is 0. The summed E-state index contributed by atoms with van der Waals surface area (Å²) in [6.45, 7) is 31.0. The van der Waals surface area contributed by atoms with Gasteiger partial charge in [-0.2, -0.15) is 0 Å². The zero-order valence-electron chi connectivity index (χ0n) is 13.4. The molecule has 0 aromatic carbocycles. The molecule has 0 aromatic heterocycles. The fourth-order valence-electron chi connectivity index (χ4n) is 1.02. The standard InChI is InChI=1S/2C4H8O.6CO.2BrH.2Re/c2*1-2-4-5-3-1;6*1-2;;;;/h2*1-4H2;;;;;;;2*1H;;/p-2. The van der Waals surface area contributed by atoms with Crippen LogP contribution in [0, 0.1) is 39.9 Å². The largest absolute Gasteiger partial charge is 0 e. The molecule has 2 rings (SSSR count). The molecular weight excluding hydrogens is 828 g/mol. The third kappa shape index (κ3) is 122. The Hall–Kier alpha value is 0.645. The van der Waals surface area contributed by atoms with Crippen molar-refractivity contribution in [1.82, 2.24) is 0 Å². The first-order valence-electron chi connectivity index (χ1n) is 5.38. The first kappa shape index (κ1) is 63.2. The summed E-state index contributed by atoms with van der Waals surface area (Å²) in [5.74, 6) is 0. The van der Waals surface area contributed by atoms with Gasteiger partial charge < -0.3 is 43.4 Å². The third-order valence-corrected chi connectivity index (χ3v) is 1.65. The van der Waals surface area contributed by atoms with E-state index in [0.717, 1.165) is 26.4 Å². The van der Waals surface area contributed by atoms with Crippen LogP contribution in [0.25, 0.3) is 0 Å². The molecule has 0 aliphatic carbocycles. The minimum atomic E-state index is 0. The molecule has 12 heteroatoms. The molecule has 26 heavy (non-hydrogen) atoms. The molecule has 2 radical (unpaired) electrons. The maximum Gasteiger partial charge on any atom is 0 e. The summed E-state index contributed by atoms with van der Waals surface area (Å²) in [5, 5.41) is 0. The zero-order chi connectivity index (χ0) is 19.1. The molecule has 0 bridgehead atoms. The van der Waals surface area contributed by atoms with Gasteiger partial charge in [0.05, 0.1) is 0 Å². The summed E-state index contributed by atoms with van der Waals surface area (Å²) in [4.78, 5) is 0. The molecule has 150 valence electrons. The Bertz CT molecular complexity index is 202. The van der Waals surface area contributed by atoms with E-state index in [-0.39, 0.29) is 74.8 Å². The molecule has 0 amide bonds. The SMILES string of the molecule is C1CCOC1.C1CCOC1.[Br-].[Br-].[C-]#[O+].[C-]#[O+].[C-]#[O+].[C-]#[O+].[C-]#[O+].[C-]#[O+].[Re].[Re]. The minimum Gasteiger partial charge on any atom is 0 e. The summed E-state index contributed by atoms with van der Waals surface area (Å²) in [6.07, 6.45) is 5.11. The first-order valence-corrected chi connectivity index (χ1v) is 5.38. The molecule has 2 saturated heterocycles. The van der Waals surface area contributed by atoms with Crippen molar-refractivity contribution in [1.29, 1.82) is 0 Å². The number of halogens is 2. The van der Waals surface area contributed by atoms with Crippen molar-refractivity contribution >= 4 is 0 Å². The molecule has 8 nitrogen and oxygen atoms in total. The van der Waals surface area contributed by atoms with Crippen LogP contribution in [0.2, 0.25) is 0 Å². The van der Waals surface area contributed by atoms with Crippen molar-refractivity contribution in [3.8, 4) is 0 Å². The van der Waals surface area contributed by atoms with Crippen LogP contribution in [-0.2, 0) is 78.2 Å². The van der Waals surface area contributed by atoms with E-state index in [1.807, 2.05) is 0 Å². The van der Waals surface area contributed by atoms with Crippen LogP contribution < -0.4 is 34.0 Å². The summed E-state index contributed by atoms with van der Waals surface area (Å²) in [6, 6.07) is 0. The molecule has 0 atom stereocenters. The third-order valence-electron chi connectivity index (χ3n) is 1.65. The maximum absolute atomic E-state index is 7.50. The predicted octanol–water partition coefficient (Wildman–Crippen LogP) is -4.63. The Balaban J connectivity index is -0.0000000145. The van der Waals surface area contributed by atoms with Gasteiger partial charge in [0, 0.05) is 67.3 Å². The van der Waals surface area contributed by atoms with Gasteiger partial charge in [-0.3, -0.25) is 0 Å². The van der Waals surface area contributed by atoms with Gasteiger partial charge in [-0.05, 0) is 25.7 Å². The van der Waals surface area contributed by atoms with Crippen LogP contribution in [0.4, 0.5) is 0 Å². The second kappa shape index (κ2) is 137. The Labute approximate surface area is 203 Å². The molecule has 2 aliphatic heterocycles. The summed E-state index contributed by atoms with van der Waals surface area (Å²) >= 11 is 0. The second-order valence-corrected chi connectivity index (χ2v) is 2.64. The Kier molecular flexibility index (Phi) is 334. The van der Waals surface area contributed by atoms with E-state index >= 15 is 0 Å². The van der Waals surface area contributed by atoms with E-state index in [0.29, 0.717) is 0 Å². The van der Waals surface area contributed by atoms with Gasteiger partial charge in [-0.25, -0.2) is 0 Å². The molecule has 0 saturated carbocycles. The van der Waals surface area contributed by atoms with E-state index in [9.17, 15) is 0 Å². The smallest absolute Gasteiger partial charge is 0 e. The van der Waals surface area contributed by atoms with Gasteiger partial charge in [-0.15, -0.1) is 0 Å². The monoisotopic (exact) mass is 844 g/mol. The van der Waals surface area contributed by atoms with E-state index in [4.69, 9.17) is 37.4 Å². The summed E-state index contributed by atoms with van der Waals surface area (Å²) in [7, 11) is 0. The molecule has 2 fully saturated rings. The first-order chi connectivity index (χ1) is 11.0. The van der Waals surface area contributed by atoms with Crippen molar-refractivity contribution < 1.29 is 112 Å². The normalized spacial score (nSPS) is 9.69. The Morgan fingerprint density at radius 2 is 0.500 bits per heavy atom. The minimum absolute atomic E-state index is 0. The molecule has 0 spiro atoms. The fourth-order valence-corrected chi connectivity index (χ4v) is 1.02. The van der Waals surface area contributed by atoms with Crippen LogP contribution in [0.15, 0.2) is 0 Å². The summed E-state index contributed by atoms with van der Waals surface area (Å²) in [5.41, 5.74) is 0. The van der Waals surface area contributed by atoms with Crippen molar-refractivity contribution in [2.24, 2.45) is 0 Å². The number of rotatable bonds is 0. The van der Waals surface area contributed by atoms with Crippen molar-refractivity contribution in [2.75, 3.05) is 26.4 Å². The molecule has 0 aromatic rings. The van der Waals surface area contributed by atoms with E-state index in [1.165, 1.54) is 25.7 Å². The Morgan fingerprint density at radius 1 is 0.385 bits per heavy atom. The second-order valence-electron chi connectivity index (χ2n) is 2.64. The molecule has 0 unspecified atom stereocenters. The van der Waals surface area contributed by atoms with Crippen LogP contribution in [0.3, 0.4) is 0 Å². The summed E-state index contributed by atoms with van der Waals surface area (Å²) < 4.78 is 54.9. The molecular formula is C14H16Br2O8Re2-2. The number of hydrogen-bond acceptors (Lipinski definition) is 2. The van der Waals surface area contributed by atoms with Crippen LogP contribution in [-0.4, -0.2) is 26.4 Å². The Morgan fingerprint density at radius 3 is 0.538 bits per heavy atom. The van der Waals surface area contributed by atoms with Crippen LogP contribution in [0.1, 0.15) is 25.7 Å². The fraction of sp³-hybridized carbons (Fsp3) is 0.571. The van der Waals surface area contributed by atoms with Gasteiger partial charge in [-0.1, -0.05) is 0 Å². The van der Waals surface area contributed by atoms with Gasteiger partial charge in [0.1, 0.15) is 0 Å². The quantitative estimate of drug-likeness (QED) is 0.179. The van der Waals surface area contributed by atoms with E-state index in [2.05, 4.69) is 39.9 Å². The van der Waals surface area contributed by atoms with Crippen molar-refractivity contribution in [2.45, 2.75) is 25.7 Å². The van der Waals surface area contributed by atoms with Gasteiger partial charge in [0.2, 0.25) is 0 Å². The predicted molar refractivity (Wildman–Crippen MR) is 63.7 cm³/mol. The van der Waals surface area contributed by atoms with Crippen molar-refractivity contribution in [3.63, 3.8) is 0 Å². The van der Waals surface area contributed by atoms with Gasteiger partial charge in [0.15, 0.2) is 0 Å². The van der Waals surface area contributed by atoms with Crippen LogP contribution >= 0.6 is 0 Å². The zero-order valence-corrected chi connectivity index (χ0v) is 22.0. The molecule has 2 aliphatic rings. The maximum atomic E-state index is 7.50. The number of ether oxygens (including phenoxy) is 2. The molecule has 2 heterocycles. The topological polar surface area (TPSA) is 138 Å². The van der Waals surface area contributed by atoms with Crippen molar-refractivity contribution in [3.05, 3.63) is 39.9 Å². The average molecular weight is 844 g/mol. The van der Waals surface area contributed by atoms with E-state index < -0.39 is 0 Å². The van der Waals surface area contributed by atoms with Gasteiger partial charge in [0.25, 0.3) is 0 Å². The van der Waals surface area contributed by atoms with Crippen LogP contribution in [0.5, 0.6) is 0 Å².